The van der Waals surface area contributed by atoms with Gasteiger partial charge in [-0.2, -0.15) is 15.0 Å². The van der Waals surface area contributed by atoms with E-state index in [4.69, 9.17) is 5.73 Å². The van der Waals surface area contributed by atoms with Crippen molar-refractivity contribution in [3.8, 4) is 11.3 Å². The van der Waals surface area contributed by atoms with Crippen LogP contribution in [0.4, 0.5) is 17.6 Å². The molecule has 7 heteroatoms. The number of anilines is 3. The maximum Gasteiger partial charge on any atom is 0.232 e. The Morgan fingerprint density at radius 2 is 1.48 bits per heavy atom. The standard InChI is InChI=1S/C33H31N7/c1-22-12-8-10-18-27(22)37-33-39-29(38-32(34)40-33)21-35-20-26(23-13-4-2-5-14-23)30-25-17-9-11-19-28(25)36-31(30)24-15-6-3-7-16-24/h2-19,26,35-36H,20-21H2,1H3,(H3,34,37,38,39,40). The minimum absolute atomic E-state index is 0.0799. The van der Waals surface area contributed by atoms with Crippen LogP contribution in [-0.2, 0) is 6.54 Å². The zero-order valence-corrected chi connectivity index (χ0v) is 22.3. The highest BCUT2D eigenvalue weighted by molar-refractivity contribution is 5.92. The highest BCUT2D eigenvalue weighted by Crippen LogP contribution is 2.38. The number of para-hydroxylation sites is 2. The number of fused-ring (bicyclic) bond motifs is 1. The van der Waals surface area contributed by atoms with Crippen molar-refractivity contribution in [2.75, 3.05) is 17.6 Å². The normalized spacial score (nSPS) is 11.9. The Labute approximate surface area is 233 Å². The van der Waals surface area contributed by atoms with Crippen molar-refractivity contribution in [3.05, 3.63) is 132 Å². The molecule has 0 spiro atoms. The van der Waals surface area contributed by atoms with Gasteiger partial charge in [0.1, 0.15) is 5.82 Å². The molecule has 198 valence electrons. The van der Waals surface area contributed by atoms with Gasteiger partial charge in [-0.3, -0.25) is 0 Å². The Balaban J connectivity index is 1.31. The average Bonchev–Trinajstić information content (AvgIpc) is 3.37. The van der Waals surface area contributed by atoms with E-state index in [0.29, 0.717) is 24.9 Å². The molecule has 6 aromatic rings. The first-order valence-corrected chi connectivity index (χ1v) is 13.4. The Morgan fingerprint density at radius 3 is 2.27 bits per heavy atom. The van der Waals surface area contributed by atoms with Crippen molar-refractivity contribution in [2.24, 2.45) is 0 Å². The highest BCUT2D eigenvalue weighted by Gasteiger charge is 2.23. The molecule has 5 N–H and O–H groups in total. The van der Waals surface area contributed by atoms with Gasteiger partial charge in [0.05, 0.1) is 12.2 Å². The fourth-order valence-electron chi connectivity index (χ4n) is 5.16. The number of nitrogens with one attached hydrogen (secondary N) is 3. The van der Waals surface area contributed by atoms with Gasteiger partial charge < -0.3 is 21.4 Å². The van der Waals surface area contributed by atoms with Crippen LogP contribution in [0.15, 0.2) is 109 Å². The van der Waals surface area contributed by atoms with Crippen LogP contribution < -0.4 is 16.4 Å². The summed E-state index contributed by atoms with van der Waals surface area (Å²) in [4.78, 5) is 17.0. The average molecular weight is 526 g/mol. The van der Waals surface area contributed by atoms with Crippen LogP contribution in [0.1, 0.15) is 28.4 Å². The first kappa shape index (κ1) is 25.3. The van der Waals surface area contributed by atoms with Gasteiger partial charge in [-0.25, -0.2) is 0 Å². The number of aromatic nitrogens is 4. The third-order valence-electron chi connectivity index (χ3n) is 7.08. The molecule has 0 aliphatic rings. The van der Waals surface area contributed by atoms with E-state index in [0.717, 1.165) is 28.0 Å². The smallest absolute Gasteiger partial charge is 0.232 e. The summed E-state index contributed by atoms with van der Waals surface area (Å²) in [5.41, 5.74) is 14.0. The fourth-order valence-corrected chi connectivity index (χ4v) is 5.16. The van der Waals surface area contributed by atoms with Crippen LogP contribution in [0.3, 0.4) is 0 Å². The highest BCUT2D eigenvalue weighted by atomic mass is 15.2. The molecule has 7 nitrogen and oxygen atoms in total. The van der Waals surface area contributed by atoms with E-state index in [9.17, 15) is 0 Å². The predicted octanol–water partition coefficient (Wildman–Crippen LogP) is 6.58. The van der Waals surface area contributed by atoms with Crippen LogP contribution in [0.25, 0.3) is 22.2 Å². The Bertz CT molecular complexity index is 1730. The molecule has 40 heavy (non-hydrogen) atoms. The van der Waals surface area contributed by atoms with Crippen LogP contribution in [0.2, 0.25) is 0 Å². The largest absolute Gasteiger partial charge is 0.368 e. The second-order valence-electron chi connectivity index (χ2n) is 9.79. The maximum atomic E-state index is 6.06. The number of hydrogen-bond donors (Lipinski definition) is 4. The van der Waals surface area contributed by atoms with Crippen LogP contribution in [0, 0.1) is 6.92 Å². The number of aromatic amines is 1. The number of nitrogen functional groups attached to an aromatic ring is 1. The summed E-state index contributed by atoms with van der Waals surface area (Å²) in [5.74, 6) is 1.28. The minimum atomic E-state index is 0.0799. The van der Waals surface area contributed by atoms with E-state index >= 15 is 0 Å². The van der Waals surface area contributed by atoms with Crippen LogP contribution >= 0.6 is 0 Å². The molecule has 0 fully saturated rings. The number of nitrogens with two attached hydrogens (primary N) is 1. The van der Waals surface area contributed by atoms with Crippen LogP contribution in [0.5, 0.6) is 0 Å². The zero-order valence-electron chi connectivity index (χ0n) is 22.3. The molecule has 0 saturated heterocycles. The second kappa shape index (κ2) is 11.4. The summed E-state index contributed by atoms with van der Waals surface area (Å²) in [5, 5.41) is 8.10. The molecule has 0 saturated carbocycles. The van der Waals surface area contributed by atoms with Gasteiger partial charge in [0.15, 0.2) is 0 Å². The van der Waals surface area contributed by atoms with Gasteiger partial charge >= 0.3 is 0 Å². The molecule has 0 aliphatic heterocycles. The quantitative estimate of drug-likeness (QED) is 0.170. The van der Waals surface area contributed by atoms with Crippen molar-refractivity contribution in [2.45, 2.75) is 19.4 Å². The molecule has 0 aliphatic carbocycles. The molecule has 1 unspecified atom stereocenters. The summed E-state index contributed by atoms with van der Waals surface area (Å²) in [7, 11) is 0. The third kappa shape index (κ3) is 5.41. The molecule has 0 bridgehead atoms. The molecular weight excluding hydrogens is 494 g/mol. The monoisotopic (exact) mass is 525 g/mol. The van der Waals surface area contributed by atoms with Crippen molar-refractivity contribution < 1.29 is 0 Å². The summed E-state index contributed by atoms with van der Waals surface area (Å²) in [6.07, 6.45) is 0. The number of benzene rings is 4. The third-order valence-corrected chi connectivity index (χ3v) is 7.08. The number of aryl methyl sites for hydroxylation is 1. The maximum absolute atomic E-state index is 6.06. The van der Waals surface area contributed by atoms with Crippen molar-refractivity contribution in [1.82, 2.24) is 25.3 Å². The zero-order chi connectivity index (χ0) is 27.3. The lowest BCUT2D eigenvalue weighted by atomic mass is 9.87. The number of H-pyrrole nitrogens is 1. The number of rotatable bonds is 9. The van der Waals surface area contributed by atoms with Crippen LogP contribution in [-0.4, -0.2) is 26.5 Å². The summed E-state index contributed by atoms with van der Waals surface area (Å²) in [6.45, 7) is 3.16. The molecule has 0 amide bonds. The van der Waals surface area contributed by atoms with Crippen molar-refractivity contribution in [1.29, 1.82) is 0 Å². The van der Waals surface area contributed by atoms with Gasteiger partial charge in [-0.1, -0.05) is 97.1 Å². The SMILES string of the molecule is Cc1ccccc1Nc1nc(N)nc(CNCC(c2ccccc2)c2c(-c3ccccc3)[nH]c3ccccc23)n1. The predicted molar refractivity (Wildman–Crippen MR) is 162 cm³/mol. The van der Waals surface area contributed by atoms with E-state index in [-0.39, 0.29) is 11.9 Å². The summed E-state index contributed by atoms with van der Waals surface area (Å²) >= 11 is 0. The van der Waals surface area contributed by atoms with E-state index in [1.54, 1.807) is 0 Å². The number of hydrogen-bond acceptors (Lipinski definition) is 6. The lowest BCUT2D eigenvalue weighted by molar-refractivity contribution is 0.619. The lowest BCUT2D eigenvalue weighted by Gasteiger charge is -2.20. The van der Waals surface area contributed by atoms with E-state index < -0.39 is 0 Å². The van der Waals surface area contributed by atoms with Gasteiger partial charge in [0.2, 0.25) is 11.9 Å². The second-order valence-corrected chi connectivity index (χ2v) is 9.79. The lowest BCUT2D eigenvalue weighted by Crippen LogP contribution is -2.24. The first-order chi connectivity index (χ1) is 19.7. The van der Waals surface area contributed by atoms with Gasteiger partial charge in [0, 0.05) is 29.1 Å². The fraction of sp³-hybridized carbons (Fsp3) is 0.121. The first-order valence-electron chi connectivity index (χ1n) is 13.4. The number of nitrogens with zero attached hydrogens (tertiary/aromatic N) is 3. The Kier molecular flexibility index (Phi) is 7.20. The molecular formula is C33H31N7. The van der Waals surface area contributed by atoms with E-state index in [2.05, 4.69) is 109 Å². The minimum Gasteiger partial charge on any atom is -0.368 e. The van der Waals surface area contributed by atoms with E-state index in [1.807, 2.05) is 37.3 Å². The molecule has 0 radical (unpaired) electrons. The van der Waals surface area contributed by atoms with Gasteiger partial charge in [0.25, 0.3) is 0 Å². The molecule has 2 aromatic heterocycles. The molecule has 4 aromatic carbocycles. The molecule has 6 rings (SSSR count). The summed E-state index contributed by atoms with van der Waals surface area (Å²) < 4.78 is 0. The van der Waals surface area contributed by atoms with Gasteiger partial charge in [-0.05, 0) is 41.3 Å². The Morgan fingerprint density at radius 1 is 0.775 bits per heavy atom. The van der Waals surface area contributed by atoms with Crippen molar-refractivity contribution in [3.63, 3.8) is 0 Å². The summed E-state index contributed by atoms with van der Waals surface area (Å²) in [6, 6.07) is 37.6. The Hall–Kier alpha value is -5.01. The topological polar surface area (TPSA) is 105 Å². The van der Waals surface area contributed by atoms with E-state index in [1.165, 1.54) is 16.5 Å². The molecule has 1 atom stereocenters. The molecule has 2 heterocycles. The van der Waals surface area contributed by atoms with Crippen molar-refractivity contribution >= 4 is 28.5 Å². The van der Waals surface area contributed by atoms with Gasteiger partial charge in [-0.15, -0.1) is 0 Å².